The maximum Gasteiger partial charge on any atom is 0.303 e. The Kier molecular flexibility index (Phi) is 3.08. The van der Waals surface area contributed by atoms with Crippen molar-refractivity contribution in [3.8, 4) is 0 Å². The minimum atomic E-state index is -0.801. The molecule has 0 aliphatic carbocycles. The van der Waals surface area contributed by atoms with Gasteiger partial charge in [-0.2, -0.15) is 0 Å². The van der Waals surface area contributed by atoms with Gasteiger partial charge in [-0.25, -0.2) is 0 Å². The molecule has 1 rings (SSSR count). The zero-order valence-corrected chi connectivity index (χ0v) is 7.60. The smallest absolute Gasteiger partial charge is 0.303 e. The molecule has 0 aliphatic heterocycles. The van der Waals surface area contributed by atoms with Gasteiger partial charge in [-0.15, -0.1) is 0 Å². The van der Waals surface area contributed by atoms with Gasteiger partial charge in [0.2, 0.25) is 0 Å². The first-order chi connectivity index (χ1) is 6.11. The van der Waals surface area contributed by atoms with Gasteiger partial charge in [0.05, 0.1) is 0 Å². The highest BCUT2D eigenvalue weighted by Crippen LogP contribution is 2.15. The minimum Gasteiger partial charge on any atom is -0.481 e. The van der Waals surface area contributed by atoms with Crippen LogP contribution in [0.5, 0.6) is 0 Å². The van der Waals surface area contributed by atoms with Crippen LogP contribution in [-0.4, -0.2) is 15.6 Å². The van der Waals surface area contributed by atoms with Gasteiger partial charge in [0, 0.05) is 31.4 Å². The maximum atomic E-state index is 10.3. The summed E-state index contributed by atoms with van der Waals surface area (Å²) in [5, 5.41) is 8.47. The molecule has 1 atom stereocenters. The number of aromatic nitrogens is 1. The molecule has 3 N–H and O–H groups in total. The number of hydrogen-bond donors (Lipinski definition) is 2. The van der Waals surface area contributed by atoms with Crippen LogP contribution in [0.1, 0.15) is 24.6 Å². The van der Waals surface area contributed by atoms with Crippen molar-refractivity contribution in [2.45, 2.75) is 18.9 Å². The van der Waals surface area contributed by atoms with Gasteiger partial charge in [0.1, 0.15) is 0 Å². The molecule has 0 bridgehead atoms. The molecule has 0 aromatic carbocycles. The quantitative estimate of drug-likeness (QED) is 0.726. The van der Waals surface area contributed by atoms with Crippen LogP contribution in [0.15, 0.2) is 18.3 Å². The standard InChI is InChI=1S/C9H14N2O2/c1-11-6-2-3-8(11)7(10)4-5-9(12)13/h2-3,6-7H,4-5,10H2,1H3,(H,12,13). The van der Waals surface area contributed by atoms with E-state index in [2.05, 4.69) is 0 Å². The number of aryl methyl sites for hydroxylation is 1. The zero-order chi connectivity index (χ0) is 9.84. The molecular weight excluding hydrogens is 168 g/mol. The average Bonchev–Trinajstić information content (AvgIpc) is 2.47. The van der Waals surface area contributed by atoms with E-state index in [0.29, 0.717) is 6.42 Å². The first-order valence-electron chi connectivity index (χ1n) is 4.20. The summed E-state index contributed by atoms with van der Waals surface area (Å²) in [5.41, 5.74) is 6.78. The molecule has 4 heteroatoms. The fourth-order valence-electron chi connectivity index (χ4n) is 1.29. The third kappa shape index (κ3) is 2.59. The van der Waals surface area contributed by atoms with Crippen LogP contribution in [0.2, 0.25) is 0 Å². The predicted molar refractivity (Wildman–Crippen MR) is 49.2 cm³/mol. The molecule has 0 saturated carbocycles. The molecule has 0 aliphatic rings. The zero-order valence-electron chi connectivity index (χ0n) is 7.60. The van der Waals surface area contributed by atoms with E-state index >= 15 is 0 Å². The highest BCUT2D eigenvalue weighted by molar-refractivity contribution is 5.66. The number of aliphatic carboxylic acids is 1. The van der Waals surface area contributed by atoms with E-state index in [-0.39, 0.29) is 12.5 Å². The SMILES string of the molecule is Cn1cccc1C(N)CCC(=O)O. The van der Waals surface area contributed by atoms with Crippen LogP contribution < -0.4 is 5.73 Å². The van der Waals surface area contributed by atoms with Crippen LogP contribution >= 0.6 is 0 Å². The van der Waals surface area contributed by atoms with Crippen molar-refractivity contribution in [1.82, 2.24) is 4.57 Å². The molecule has 0 fully saturated rings. The topological polar surface area (TPSA) is 68.2 Å². The van der Waals surface area contributed by atoms with Gasteiger partial charge in [0.25, 0.3) is 0 Å². The predicted octanol–water partition coefficient (Wildman–Crippen LogP) is 0.890. The second-order valence-corrected chi connectivity index (χ2v) is 3.08. The Labute approximate surface area is 77.0 Å². The molecule has 0 radical (unpaired) electrons. The lowest BCUT2D eigenvalue weighted by Gasteiger charge is -2.11. The molecule has 0 spiro atoms. The molecule has 1 aromatic rings. The Balaban J connectivity index is 2.53. The van der Waals surface area contributed by atoms with Crippen LogP contribution in [0.25, 0.3) is 0 Å². The normalized spacial score (nSPS) is 12.8. The lowest BCUT2D eigenvalue weighted by Crippen LogP contribution is -2.15. The molecule has 1 heterocycles. The summed E-state index contributed by atoms with van der Waals surface area (Å²) in [4.78, 5) is 10.3. The lowest BCUT2D eigenvalue weighted by atomic mass is 10.1. The van der Waals surface area contributed by atoms with Crippen LogP contribution in [0.4, 0.5) is 0 Å². The summed E-state index contributed by atoms with van der Waals surface area (Å²) in [6.45, 7) is 0. The fraction of sp³-hybridized carbons (Fsp3) is 0.444. The van der Waals surface area contributed by atoms with Crippen LogP contribution in [0.3, 0.4) is 0 Å². The van der Waals surface area contributed by atoms with Crippen LogP contribution in [-0.2, 0) is 11.8 Å². The summed E-state index contributed by atoms with van der Waals surface area (Å²) in [6.07, 6.45) is 2.50. The van der Waals surface area contributed by atoms with E-state index in [9.17, 15) is 4.79 Å². The lowest BCUT2D eigenvalue weighted by molar-refractivity contribution is -0.137. The largest absolute Gasteiger partial charge is 0.481 e. The van der Waals surface area contributed by atoms with Gasteiger partial charge in [-0.1, -0.05) is 0 Å². The monoisotopic (exact) mass is 182 g/mol. The van der Waals surface area contributed by atoms with Gasteiger partial charge in [-0.3, -0.25) is 4.79 Å². The van der Waals surface area contributed by atoms with Gasteiger partial charge < -0.3 is 15.4 Å². The summed E-state index contributed by atoms with van der Waals surface area (Å²) in [6, 6.07) is 3.62. The van der Waals surface area contributed by atoms with Crippen molar-refractivity contribution >= 4 is 5.97 Å². The number of nitrogens with two attached hydrogens (primary N) is 1. The Morgan fingerprint density at radius 2 is 2.46 bits per heavy atom. The molecule has 4 nitrogen and oxygen atoms in total. The van der Waals surface area contributed by atoms with Gasteiger partial charge in [0.15, 0.2) is 0 Å². The third-order valence-electron chi connectivity index (χ3n) is 2.03. The average molecular weight is 182 g/mol. The molecular formula is C9H14N2O2. The molecule has 1 unspecified atom stereocenters. The molecule has 0 saturated heterocycles. The summed E-state index contributed by atoms with van der Waals surface area (Å²) < 4.78 is 1.91. The Morgan fingerprint density at radius 3 is 2.92 bits per heavy atom. The van der Waals surface area contributed by atoms with E-state index in [4.69, 9.17) is 10.8 Å². The molecule has 72 valence electrons. The first-order valence-corrected chi connectivity index (χ1v) is 4.20. The van der Waals surface area contributed by atoms with Crippen molar-refractivity contribution in [3.05, 3.63) is 24.0 Å². The number of nitrogens with zero attached hydrogens (tertiary/aromatic N) is 1. The maximum absolute atomic E-state index is 10.3. The second-order valence-electron chi connectivity index (χ2n) is 3.08. The number of rotatable bonds is 4. The highest BCUT2D eigenvalue weighted by Gasteiger charge is 2.10. The summed E-state index contributed by atoms with van der Waals surface area (Å²) in [7, 11) is 1.90. The number of carbonyl (C=O) groups is 1. The van der Waals surface area contributed by atoms with Crippen LogP contribution in [0, 0.1) is 0 Å². The number of hydrogen-bond acceptors (Lipinski definition) is 2. The number of carboxylic acids is 1. The summed E-state index contributed by atoms with van der Waals surface area (Å²) >= 11 is 0. The van der Waals surface area contributed by atoms with Crippen molar-refractivity contribution in [3.63, 3.8) is 0 Å². The van der Waals surface area contributed by atoms with Gasteiger partial charge >= 0.3 is 5.97 Å². The van der Waals surface area contributed by atoms with Gasteiger partial charge in [-0.05, 0) is 18.6 Å². The second kappa shape index (κ2) is 4.09. The van der Waals surface area contributed by atoms with E-state index in [1.165, 1.54) is 0 Å². The molecule has 0 amide bonds. The Bertz CT molecular complexity index is 294. The summed E-state index contributed by atoms with van der Waals surface area (Å²) in [5.74, 6) is -0.801. The first kappa shape index (κ1) is 9.80. The Hall–Kier alpha value is -1.29. The van der Waals surface area contributed by atoms with Crippen molar-refractivity contribution < 1.29 is 9.90 Å². The van der Waals surface area contributed by atoms with Crippen molar-refractivity contribution in [2.24, 2.45) is 12.8 Å². The van der Waals surface area contributed by atoms with E-state index in [0.717, 1.165) is 5.69 Å². The van der Waals surface area contributed by atoms with Crippen molar-refractivity contribution in [1.29, 1.82) is 0 Å². The molecule has 13 heavy (non-hydrogen) atoms. The fourth-order valence-corrected chi connectivity index (χ4v) is 1.29. The minimum absolute atomic E-state index is 0.117. The molecule has 1 aromatic heterocycles. The van der Waals surface area contributed by atoms with E-state index in [1.807, 2.05) is 29.9 Å². The Morgan fingerprint density at radius 1 is 1.77 bits per heavy atom. The number of carboxylic acid groups (broad SMARTS) is 1. The third-order valence-corrected chi connectivity index (χ3v) is 2.03. The van der Waals surface area contributed by atoms with E-state index in [1.54, 1.807) is 0 Å². The van der Waals surface area contributed by atoms with E-state index < -0.39 is 5.97 Å². The van der Waals surface area contributed by atoms with Crippen molar-refractivity contribution in [2.75, 3.05) is 0 Å². The highest BCUT2D eigenvalue weighted by atomic mass is 16.4.